The van der Waals surface area contributed by atoms with Crippen LogP contribution < -0.4 is 14.9 Å². The van der Waals surface area contributed by atoms with Gasteiger partial charge in [-0.1, -0.05) is 24.6 Å². The summed E-state index contributed by atoms with van der Waals surface area (Å²) in [6.07, 6.45) is 2.38. The maximum Gasteiger partial charge on any atom is 0.271 e. The van der Waals surface area contributed by atoms with Gasteiger partial charge in [0.15, 0.2) is 11.5 Å². The van der Waals surface area contributed by atoms with E-state index < -0.39 is 0 Å². The molecular weight excluding hydrogens is 467 g/mol. The molecule has 2 rings (SSSR count). The molecule has 2 aromatic rings. The summed E-state index contributed by atoms with van der Waals surface area (Å²) in [7, 11) is 1.55. The number of rotatable bonds is 7. The van der Waals surface area contributed by atoms with Gasteiger partial charge in [-0.15, -0.1) is 0 Å². The van der Waals surface area contributed by atoms with Crippen LogP contribution in [-0.2, 0) is 0 Å². The first kappa shape index (κ1) is 20.5. The number of carbonyl (C=O) groups is 1. The second-order valence-electron chi connectivity index (χ2n) is 5.58. The van der Waals surface area contributed by atoms with Crippen molar-refractivity contribution in [1.82, 2.24) is 5.43 Å². The minimum Gasteiger partial charge on any atom is -0.493 e. The third kappa shape index (κ3) is 5.60. The van der Waals surface area contributed by atoms with Gasteiger partial charge in [0.1, 0.15) is 0 Å². The third-order valence-electron chi connectivity index (χ3n) is 3.61. The van der Waals surface area contributed by atoms with E-state index >= 15 is 0 Å². The molecule has 5 nitrogen and oxygen atoms in total. The van der Waals surface area contributed by atoms with Crippen LogP contribution in [0.5, 0.6) is 11.5 Å². The minimum atomic E-state index is -0.283. The second kappa shape index (κ2) is 9.78. The van der Waals surface area contributed by atoms with Crippen LogP contribution in [0.25, 0.3) is 0 Å². The lowest BCUT2D eigenvalue weighted by molar-refractivity contribution is 0.0955. The third-order valence-corrected chi connectivity index (χ3v) is 4.56. The predicted octanol–water partition coefficient (Wildman–Crippen LogP) is 4.89. The van der Waals surface area contributed by atoms with Crippen LogP contribution in [0.3, 0.4) is 0 Å². The number of hydrazone groups is 1. The number of amides is 1. The Morgan fingerprint density at radius 3 is 2.81 bits per heavy atom. The number of halogens is 2. The SMILES string of the molecule is CCC(C)Oc1c(Cl)cc(C=NNC(=O)c2cccc(I)c2)cc1OC. The maximum atomic E-state index is 12.1. The van der Waals surface area contributed by atoms with Crippen LogP contribution in [-0.4, -0.2) is 25.3 Å². The number of nitrogens with one attached hydrogen (secondary N) is 1. The van der Waals surface area contributed by atoms with Crippen LogP contribution in [0.15, 0.2) is 41.5 Å². The predicted molar refractivity (Wildman–Crippen MR) is 113 cm³/mol. The van der Waals surface area contributed by atoms with E-state index in [1.165, 1.54) is 6.21 Å². The molecule has 1 atom stereocenters. The van der Waals surface area contributed by atoms with Gasteiger partial charge in [0.05, 0.1) is 24.5 Å². The molecule has 0 radical (unpaired) electrons. The lowest BCUT2D eigenvalue weighted by Crippen LogP contribution is -2.17. The zero-order valence-corrected chi connectivity index (χ0v) is 17.7. The molecule has 7 heteroatoms. The molecule has 138 valence electrons. The van der Waals surface area contributed by atoms with E-state index in [1.54, 1.807) is 31.4 Å². The molecule has 26 heavy (non-hydrogen) atoms. The van der Waals surface area contributed by atoms with Crippen LogP contribution in [0.4, 0.5) is 0 Å². The molecule has 0 aliphatic rings. The summed E-state index contributed by atoms with van der Waals surface area (Å²) in [5.41, 5.74) is 3.73. The van der Waals surface area contributed by atoms with Crippen molar-refractivity contribution in [2.45, 2.75) is 26.4 Å². The molecule has 0 aliphatic carbocycles. The number of methoxy groups -OCH3 is 1. The first-order chi connectivity index (χ1) is 12.4. The van der Waals surface area contributed by atoms with Crippen LogP contribution in [0, 0.1) is 3.57 Å². The van der Waals surface area contributed by atoms with Gasteiger partial charge in [0.2, 0.25) is 0 Å². The minimum absolute atomic E-state index is 0.0221. The Morgan fingerprint density at radius 1 is 1.38 bits per heavy atom. The Hall–Kier alpha value is -1.80. The highest BCUT2D eigenvalue weighted by Gasteiger charge is 2.14. The molecule has 1 amide bonds. The van der Waals surface area contributed by atoms with E-state index in [4.69, 9.17) is 21.1 Å². The summed E-state index contributed by atoms with van der Waals surface area (Å²) in [6.45, 7) is 3.99. The highest BCUT2D eigenvalue weighted by molar-refractivity contribution is 14.1. The van der Waals surface area contributed by atoms with E-state index in [-0.39, 0.29) is 12.0 Å². The number of hydrogen-bond donors (Lipinski definition) is 1. The van der Waals surface area contributed by atoms with Gasteiger partial charge in [-0.05, 0) is 71.8 Å². The van der Waals surface area contributed by atoms with E-state index in [2.05, 4.69) is 33.1 Å². The van der Waals surface area contributed by atoms with Crippen molar-refractivity contribution in [3.63, 3.8) is 0 Å². The van der Waals surface area contributed by atoms with E-state index in [0.29, 0.717) is 27.6 Å². The Morgan fingerprint density at radius 2 is 2.15 bits per heavy atom. The molecule has 0 aromatic heterocycles. The first-order valence-corrected chi connectivity index (χ1v) is 9.53. The van der Waals surface area contributed by atoms with Crippen molar-refractivity contribution in [2.24, 2.45) is 5.10 Å². The summed E-state index contributed by atoms with van der Waals surface area (Å²) in [6, 6.07) is 10.7. The van der Waals surface area contributed by atoms with Crippen LogP contribution in [0.1, 0.15) is 36.2 Å². The van der Waals surface area contributed by atoms with Crippen molar-refractivity contribution < 1.29 is 14.3 Å². The number of ether oxygens (including phenoxy) is 2. The maximum absolute atomic E-state index is 12.1. The lowest BCUT2D eigenvalue weighted by Gasteiger charge is -2.17. The van der Waals surface area contributed by atoms with Gasteiger partial charge in [-0.2, -0.15) is 5.10 Å². The van der Waals surface area contributed by atoms with Crippen LogP contribution in [0.2, 0.25) is 5.02 Å². The largest absolute Gasteiger partial charge is 0.493 e. The number of carbonyl (C=O) groups excluding carboxylic acids is 1. The zero-order valence-electron chi connectivity index (χ0n) is 14.8. The lowest BCUT2D eigenvalue weighted by atomic mass is 10.2. The summed E-state index contributed by atoms with van der Waals surface area (Å²) in [5, 5.41) is 4.41. The van der Waals surface area contributed by atoms with Gasteiger partial charge in [-0.25, -0.2) is 5.43 Å². The highest BCUT2D eigenvalue weighted by Crippen LogP contribution is 2.37. The average molecular weight is 487 g/mol. The van der Waals surface area contributed by atoms with Gasteiger partial charge in [-0.3, -0.25) is 4.79 Å². The summed E-state index contributed by atoms with van der Waals surface area (Å²) >= 11 is 8.47. The molecule has 0 heterocycles. The van der Waals surface area contributed by atoms with E-state index in [1.807, 2.05) is 26.0 Å². The topological polar surface area (TPSA) is 59.9 Å². The molecule has 2 aromatic carbocycles. The van der Waals surface area contributed by atoms with Crippen LogP contribution >= 0.6 is 34.2 Å². The molecule has 1 N–H and O–H groups in total. The van der Waals surface area contributed by atoms with Gasteiger partial charge >= 0.3 is 0 Å². The standard InChI is InChI=1S/C19H20ClIN2O3/c1-4-12(2)26-18-16(20)8-13(9-17(18)25-3)11-22-23-19(24)14-6-5-7-15(21)10-14/h5-12H,4H2,1-3H3,(H,23,24). The fraction of sp³-hybridized carbons (Fsp3) is 0.263. The van der Waals surface area contributed by atoms with Gasteiger partial charge < -0.3 is 9.47 Å². The highest BCUT2D eigenvalue weighted by atomic mass is 127. The molecule has 1 unspecified atom stereocenters. The van der Waals surface area contributed by atoms with E-state index in [9.17, 15) is 4.79 Å². The number of benzene rings is 2. The molecule has 0 bridgehead atoms. The molecule has 0 saturated heterocycles. The van der Waals surface area contributed by atoms with Gasteiger partial charge in [0, 0.05) is 9.13 Å². The smallest absolute Gasteiger partial charge is 0.271 e. The van der Waals surface area contributed by atoms with E-state index in [0.717, 1.165) is 9.99 Å². The molecule has 0 saturated carbocycles. The summed E-state index contributed by atoms with van der Waals surface area (Å²) in [4.78, 5) is 12.1. The Bertz CT molecular complexity index is 811. The normalized spacial score (nSPS) is 12.0. The van der Waals surface area contributed by atoms with Crippen molar-refractivity contribution >= 4 is 46.3 Å². The van der Waals surface area contributed by atoms with Crippen molar-refractivity contribution in [3.05, 3.63) is 56.1 Å². The second-order valence-corrected chi connectivity index (χ2v) is 7.23. The molecule has 0 aliphatic heterocycles. The fourth-order valence-electron chi connectivity index (χ4n) is 2.07. The average Bonchev–Trinajstić information content (AvgIpc) is 2.63. The number of hydrogen-bond acceptors (Lipinski definition) is 4. The summed E-state index contributed by atoms with van der Waals surface area (Å²) < 4.78 is 12.2. The van der Waals surface area contributed by atoms with Crippen molar-refractivity contribution in [1.29, 1.82) is 0 Å². The Balaban J connectivity index is 2.12. The molecular formula is C19H20ClIN2O3. The zero-order chi connectivity index (χ0) is 19.1. The first-order valence-electron chi connectivity index (χ1n) is 8.07. The van der Waals surface area contributed by atoms with Gasteiger partial charge in [0.25, 0.3) is 5.91 Å². The summed E-state index contributed by atoms with van der Waals surface area (Å²) in [5.74, 6) is 0.737. The fourth-order valence-corrected chi connectivity index (χ4v) is 2.88. The van der Waals surface area contributed by atoms with Crippen molar-refractivity contribution in [2.75, 3.05) is 7.11 Å². The number of nitrogens with zero attached hydrogens (tertiary/aromatic N) is 1. The molecule has 0 spiro atoms. The van der Waals surface area contributed by atoms with Crippen molar-refractivity contribution in [3.8, 4) is 11.5 Å². The molecule has 0 fully saturated rings. The Kier molecular flexibility index (Phi) is 7.71. The Labute approximate surface area is 171 Å². The monoisotopic (exact) mass is 486 g/mol. The quantitative estimate of drug-likeness (QED) is 0.344.